The van der Waals surface area contributed by atoms with Gasteiger partial charge in [-0.2, -0.15) is 0 Å². The van der Waals surface area contributed by atoms with Gasteiger partial charge in [-0.05, 0) is 37.8 Å². The summed E-state index contributed by atoms with van der Waals surface area (Å²) in [5.74, 6) is -0.104. The minimum atomic E-state index is -0.678. The van der Waals surface area contributed by atoms with Crippen LogP contribution in [0.15, 0.2) is 24.3 Å². The fourth-order valence-corrected chi connectivity index (χ4v) is 5.90. The summed E-state index contributed by atoms with van der Waals surface area (Å²) in [6, 6.07) is 7.38. The highest BCUT2D eigenvalue weighted by molar-refractivity contribution is 6.02. The van der Waals surface area contributed by atoms with Crippen LogP contribution in [-0.2, 0) is 9.59 Å². The van der Waals surface area contributed by atoms with Gasteiger partial charge in [-0.25, -0.2) is 0 Å². The summed E-state index contributed by atoms with van der Waals surface area (Å²) in [6.07, 6.45) is 5.85. The molecular formula is C24H32N4O4. The van der Waals surface area contributed by atoms with E-state index in [0.717, 1.165) is 31.4 Å². The van der Waals surface area contributed by atoms with Gasteiger partial charge in [0.1, 0.15) is 5.66 Å². The molecule has 0 radical (unpaired) electrons. The van der Waals surface area contributed by atoms with E-state index in [1.807, 2.05) is 23.1 Å². The summed E-state index contributed by atoms with van der Waals surface area (Å²) in [6.45, 7) is 1.59. The van der Waals surface area contributed by atoms with E-state index in [1.165, 1.54) is 0 Å². The smallest absolute Gasteiger partial charge is 0.255 e. The summed E-state index contributed by atoms with van der Waals surface area (Å²) in [5, 5.41) is 17.4. The van der Waals surface area contributed by atoms with Crippen LogP contribution in [0.1, 0.15) is 61.7 Å². The zero-order valence-corrected chi connectivity index (χ0v) is 18.4. The van der Waals surface area contributed by atoms with Crippen molar-refractivity contribution in [2.24, 2.45) is 5.92 Å². The average Bonchev–Trinajstić information content (AvgIpc) is 2.93. The molecule has 3 unspecified atom stereocenters. The Balaban J connectivity index is 1.23. The van der Waals surface area contributed by atoms with Gasteiger partial charge in [0, 0.05) is 44.1 Å². The summed E-state index contributed by atoms with van der Waals surface area (Å²) in [7, 11) is 0. The Morgan fingerprint density at radius 3 is 2.78 bits per heavy atom. The Labute approximate surface area is 188 Å². The van der Waals surface area contributed by atoms with Crippen LogP contribution in [-0.4, -0.2) is 70.1 Å². The van der Waals surface area contributed by atoms with Crippen LogP contribution in [0.3, 0.4) is 0 Å². The van der Waals surface area contributed by atoms with Crippen LogP contribution in [0.5, 0.6) is 0 Å². The third-order valence-electron chi connectivity index (χ3n) is 7.93. The topological polar surface area (TPSA) is 102 Å². The predicted molar refractivity (Wildman–Crippen MR) is 119 cm³/mol. The molecule has 0 aromatic heterocycles. The molecule has 3 fully saturated rings. The maximum absolute atomic E-state index is 13.1. The SMILES string of the molecule is O=C1NC2(CCC(=O)N(CC(=O)N3CCC4(O)CCCCC4C3)CC2)Nc2ccccc21. The lowest BCUT2D eigenvalue weighted by atomic mass is 9.71. The highest BCUT2D eigenvalue weighted by Gasteiger charge is 2.44. The Bertz CT molecular complexity index is 936. The first-order chi connectivity index (χ1) is 15.4. The third-order valence-corrected chi connectivity index (χ3v) is 7.93. The van der Waals surface area contributed by atoms with Crippen molar-refractivity contribution in [1.29, 1.82) is 0 Å². The van der Waals surface area contributed by atoms with E-state index >= 15 is 0 Å². The molecule has 4 aliphatic rings. The number of amides is 3. The van der Waals surface area contributed by atoms with Gasteiger partial charge in [-0.15, -0.1) is 0 Å². The van der Waals surface area contributed by atoms with E-state index in [9.17, 15) is 19.5 Å². The molecule has 8 nitrogen and oxygen atoms in total. The van der Waals surface area contributed by atoms with Crippen LogP contribution in [0, 0.1) is 5.92 Å². The van der Waals surface area contributed by atoms with Crippen molar-refractivity contribution >= 4 is 23.4 Å². The van der Waals surface area contributed by atoms with E-state index < -0.39 is 11.3 Å². The first-order valence-corrected chi connectivity index (χ1v) is 11.9. The molecule has 32 heavy (non-hydrogen) atoms. The maximum Gasteiger partial charge on any atom is 0.255 e. The van der Waals surface area contributed by atoms with Crippen molar-refractivity contribution in [3.8, 4) is 0 Å². The number of para-hydroxylation sites is 1. The number of likely N-dealkylation sites (tertiary alicyclic amines) is 2. The number of piperidine rings is 1. The van der Waals surface area contributed by atoms with E-state index in [2.05, 4.69) is 10.6 Å². The Morgan fingerprint density at radius 1 is 1.06 bits per heavy atom. The fourth-order valence-electron chi connectivity index (χ4n) is 5.90. The van der Waals surface area contributed by atoms with Gasteiger partial charge >= 0.3 is 0 Å². The van der Waals surface area contributed by atoms with Crippen LogP contribution < -0.4 is 10.6 Å². The second kappa shape index (κ2) is 8.06. The predicted octanol–water partition coefficient (Wildman–Crippen LogP) is 1.70. The molecular weight excluding hydrogens is 408 g/mol. The Morgan fingerprint density at radius 2 is 1.91 bits per heavy atom. The second-order valence-electron chi connectivity index (χ2n) is 9.91. The normalized spacial score (nSPS) is 32.5. The molecule has 1 saturated carbocycles. The lowest BCUT2D eigenvalue weighted by Crippen LogP contribution is -2.58. The van der Waals surface area contributed by atoms with Crippen LogP contribution in [0.4, 0.5) is 5.69 Å². The number of aliphatic hydroxyl groups is 1. The zero-order chi connectivity index (χ0) is 22.3. The van der Waals surface area contributed by atoms with Crippen LogP contribution >= 0.6 is 0 Å². The number of nitrogens with one attached hydrogen (secondary N) is 2. The van der Waals surface area contributed by atoms with Gasteiger partial charge in [0.25, 0.3) is 5.91 Å². The molecule has 3 aliphatic heterocycles. The molecule has 172 valence electrons. The first kappa shape index (κ1) is 21.2. The minimum absolute atomic E-state index is 0.0482. The van der Waals surface area contributed by atoms with Crippen molar-refractivity contribution in [2.45, 2.75) is 62.6 Å². The maximum atomic E-state index is 13.1. The minimum Gasteiger partial charge on any atom is -0.389 e. The number of hydrogen-bond acceptors (Lipinski definition) is 5. The summed E-state index contributed by atoms with van der Waals surface area (Å²) >= 11 is 0. The lowest BCUT2D eigenvalue weighted by Gasteiger charge is -2.47. The number of rotatable bonds is 2. The number of carbonyl (C=O) groups excluding carboxylic acids is 3. The summed E-state index contributed by atoms with van der Waals surface area (Å²) < 4.78 is 0. The monoisotopic (exact) mass is 440 g/mol. The lowest BCUT2D eigenvalue weighted by molar-refractivity contribution is -0.148. The number of fused-ring (bicyclic) bond motifs is 2. The molecule has 1 aromatic carbocycles. The summed E-state index contributed by atoms with van der Waals surface area (Å²) in [4.78, 5) is 42.0. The standard InChI is InChI=1S/C24H32N4O4/c29-20-8-10-24(25-19-7-2-1-6-18(19)22(31)26-24)12-14-28(20)16-21(30)27-13-11-23(32)9-4-3-5-17(23)15-27/h1-2,6-7,17,25,32H,3-5,8-16H2,(H,26,31). The van der Waals surface area contributed by atoms with Crippen LogP contribution in [0.25, 0.3) is 0 Å². The molecule has 8 heteroatoms. The van der Waals surface area contributed by atoms with Gasteiger partial charge in [-0.1, -0.05) is 25.0 Å². The van der Waals surface area contributed by atoms with Crippen molar-refractivity contribution in [1.82, 2.24) is 15.1 Å². The molecule has 1 spiro atoms. The number of nitrogens with zero attached hydrogens (tertiary/aromatic N) is 2. The van der Waals surface area contributed by atoms with Gasteiger partial charge in [0.15, 0.2) is 0 Å². The molecule has 1 aromatic rings. The van der Waals surface area contributed by atoms with Crippen molar-refractivity contribution in [3.63, 3.8) is 0 Å². The quantitative estimate of drug-likeness (QED) is 0.650. The van der Waals surface area contributed by atoms with Gasteiger partial charge < -0.3 is 25.5 Å². The molecule has 5 rings (SSSR count). The average molecular weight is 441 g/mol. The highest BCUT2D eigenvalue weighted by atomic mass is 16.3. The molecule has 3 heterocycles. The molecule has 3 amide bonds. The molecule has 0 bridgehead atoms. The van der Waals surface area contributed by atoms with Gasteiger partial charge in [0.05, 0.1) is 17.7 Å². The molecule has 2 saturated heterocycles. The van der Waals surface area contributed by atoms with Crippen molar-refractivity contribution in [2.75, 3.05) is 31.5 Å². The fraction of sp³-hybridized carbons (Fsp3) is 0.625. The zero-order valence-electron chi connectivity index (χ0n) is 18.4. The second-order valence-corrected chi connectivity index (χ2v) is 9.91. The van der Waals surface area contributed by atoms with Gasteiger partial charge in [-0.3, -0.25) is 14.4 Å². The van der Waals surface area contributed by atoms with Gasteiger partial charge in [0.2, 0.25) is 11.8 Å². The number of benzene rings is 1. The van der Waals surface area contributed by atoms with Crippen molar-refractivity contribution < 1.29 is 19.5 Å². The number of carbonyl (C=O) groups is 3. The highest BCUT2D eigenvalue weighted by Crippen LogP contribution is 2.40. The molecule has 3 atom stereocenters. The Kier molecular flexibility index (Phi) is 5.35. The third kappa shape index (κ3) is 3.85. The van der Waals surface area contributed by atoms with E-state index in [0.29, 0.717) is 44.5 Å². The van der Waals surface area contributed by atoms with E-state index in [1.54, 1.807) is 11.0 Å². The molecule has 3 N–H and O–H groups in total. The van der Waals surface area contributed by atoms with E-state index in [4.69, 9.17) is 0 Å². The molecule has 1 aliphatic carbocycles. The first-order valence-electron chi connectivity index (χ1n) is 11.9. The van der Waals surface area contributed by atoms with Crippen LogP contribution in [0.2, 0.25) is 0 Å². The van der Waals surface area contributed by atoms with Crippen molar-refractivity contribution in [3.05, 3.63) is 29.8 Å². The Hall–Kier alpha value is -2.61. The summed E-state index contributed by atoms with van der Waals surface area (Å²) in [5.41, 5.74) is 0.0823. The van der Waals surface area contributed by atoms with E-state index in [-0.39, 0.29) is 36.6 Å². The number of anilines is 1. The largest absolute Gasteiger partial charge is 0.389 e. The number of hydrogen-bond donors (Lipinski definition) is 3.